The van der Waals surface area contributed by atoms with Crippen LogP contribution in [0.25, 0.3) is 0 Å². The summed E-state index contributed by atoms with van der Waals surface area (Å²) in [4.78, 5) is 17.6. The van der Waals surface area contributed by atoms with Gasteiger partial charge in [-0.25, -0.2) is 9.18 Å². The van der Waals surface area contributed by atoms with E-state index in [2.05, 4.69) is 4.90 Å². The lowest BCUT2D eigenvalue weighted by Gasteiger charge is -2.40. The third-order valence-corrected chi connectivity index (χ3v) is 6.39. The maximum atomic E-state index is 13.4. The number of carbonyl (C=O) groups excluding carboxylic acids is 1. The quantitative estimate of drug-likeness (QED) is 0.580. The largest absolute Gasteiger partial charge is 0.491 e. The SMILES string of the molecule is CC(C)Oc1ccc(COC(=O)N(Cc2ccc(F)cc2)[C@H]2CCN3CCC[C@H]3C2)cc1. The van der Waals surface area contributed by atoms with Gasteiger partial charge in [0.2, 0.25) is 0 Å². The van der Waals surface area contributed by atoms with E-state index in [0.717, 1.165) is 42.8 Å². The molecule has 172 valence electrons. The van der Waals surface area contributed by atoms with Gasteiger partial charge >= 0.3 is 6.09 Å². The maximum absolute atomic E-state index is 13.4. The summed E-state index contributed by atoms with van der Waals surface area (Å²) in [5, 5.41) is 0. The van der Waals surface area contributed by atoms with E-state index in [-0.39, 0.29) is 30.7 Å². The molecule has 2 heterocycles. The highest BCUT2D eigenvalue weighted by atomic mass is 19.1. The van der Waals surface area contributed by atoms with E-state index in [1.165, 1.54) is 25.0 Å². The Morgan fingerprint density at radius 2 is 1.78 bits per heavy atom. The Kier molecular flexibility index (Phi) is 7.30. The van der Waals surface area contributed by atoms with Gasteiger partial charge in [-0.1, -0.05) is 24.3 Å². The fourth-order valence-corrected chi connectivity index (χ4v) is 4.78. The van der Waals surface area contributed by atoms with Crippen LogP contribution in [0.3, 0.4) is 0 Å². The van der Waals surface area contributed by atoms with E-state index in [1.54, 1.807) is 12.1 Å². The molecule has 0 spiro atoms. The molecule has 2 fully saturated rings. The van der Waals surface area contributed by atoms with Gasteiger partial charge in [-0.15, -0.1) is 0 Å². The van der Waals surface area contributed by atoms with Crippen LogP contribution >= 0.6 is 0 Å². The van der Waals surface area contributed by atoms with E-state index >= 15 is 0 Å². The second-order valence-corrected chi connectivity index (χ2v) is 9.13. The first kappa shape index (κ1) is 22.6. The number of nitrogens with zero attached hydrogens (tertiary/aromatic N) is 2. The van der Waals surface area contributed by atoms with Crippen LogP contribution in [0.4, 0.5) is 9.18 Å². The van der Waals surface area contributed by atoms with Gasteiger partial charge in [-0.3, -0.25) is 0 Å². The van der Waals surface area contributed by atoms with Gasteiger partial charge in [-0.05, 0) is 81.5 Å². The van der Waals surface area contributed by atoms with Crippen molar-refractivity contribution in [1.29, 1.82) is 0 Å². The molecule has 0 aliphatic carbocycles. The van der Waals surface area contributed by atoms with Crippen LogP contribution in [0.1, 0.15) is 50.7 Å². The number of carbonyl (C=O) groups is 1. The lowest BCUT2D eigenvalue weighted by Crippen LogP contribution is -2.49. The molecule has 2 saturated heterocycles. The van der Waals surface area contributed by atoms with Gasteiger partial charge in [0.05, 0.1) is 6.10 Å². The lowest BCUT2D eigenvalue weighted by molar-refractivity contribution is 0.0491. The van der Waals surface area contributed by atoms with Gasteiger partial charge in [0.15, 0.2) is 0 Å². The summed E-state index contributed by atoms with van der Waals surface area (Å²) in [6.45, 7) is 6.79. The minimum atomic E-state index is -0.312. The van der Waals surface area contributed by atoms with Crippen molar-refractivity contribution in [2.45, 2.75) is 70.9 Å². The topological polar surface area (TPSA) is 42.0 Å². The molecule has 0 unspecified atom stereocenters. The first-order chi connectivity index (χ1) is 15.5. The fourth-order valence-electron chi connectivity index (χ4n) is 4.78. The molecule has 0 radical (unpaired) electrons. The standard InChI is InChI=1S/C26H33FN2O3/c1-19(2)32-25-11-7-21(8-12-25)18-31-26(30)29(17-20-5-9-22(27)10-6-20)24-13-15-28-14-3-4-23(28)16-24/h5-12,19,23-24H,3-4,13-18H2,1-2H3/t23-,24-/m0/s1. The number of hydrogen-bond donors (Lipinski definition) is 0. The zero-order chi connectivity index (χ0) is 22.5. The van der Waals surface area contributed by atoms with E-state index in [9.17, 15) is 9.18 Å². The number of fused-ring (bicyclic) bond motifs is 1. The molecule has 2 aliphatic heterocycles. The second kappa shape index (κ2) is 10.3. The smallest absolute Gasteiger partial charge is 0.410 e. The summed E-state index contributed by atoms with van der Waals surface area (Å²) in [6, 6.07) is 14.7. The van der Waals surface area contributed by atoms with Gasteiger partial charge in [-0.2, -0.15) is 0 Å². The van der Waals surface area contributed by atoms with E-state index in [1.807, 2.05) is 43.0 Å². The Morgan fingerprint density at radius 3 is 2.50 bits per heavy atom. The van der Waals surface area contributed by atoms with Crippen molar-refractivity contribution in [2.24, 2.45) is 0 Å². The molecule has 2 atom stereocenters. The summed E-state index contributed by atoms with van der Waals surface area (Å²) in [7, 11) is 0. The Balaban J connectivity index is 1.42. The molecule has 5 nitrogen and oxygen atoms in total. The molecule has 2 aromatic carbocycles. The van der Waals surface area contributed by atoms with Crippen LogP contribution in [-0.2, 0) is 17.9 Å². The highest BCUT2D eigenvalue weighted by molar-refractivity contribution is 5.68. The molecule has 0 bridgehead atoms. The predicted octanol–water partition coefficient (Wildman–Crippen LogP) is 5.38. The summed E-state index contributed by atoms with van der Waals surface area (Å²) >= 11 is 0. The van der Waals surface area contributed by atoms with E-state index in [4.69, 9.17) is 9.47 Å². The number of amides is 1. The van der Waals surface area contributed by atoms with Crippen molar-refractivity contribution >= 4 is 6.09 Å². The number of piperidine rings is 1. The van der Waals surface area contributed by atoms with E-state index < -0.39 is 0 Å². The molecule has 0 saturated carbocycles. The minimum absolute atomic E-state index is 0.116. The van der Waals surface area contributed by atoms with Crippen molar-refractivity contribution in [2.75, 3.05) is 13.1 Å². The molecule has 6 heteroatoms. The normalized spacial score (nSPS) is 20.8. The van der Waals surface area contributed by atoms with Crippen molar-refractivity contribution in [3.05, 3.63) is 65.5 Å². The monoisotopic (exact) mass is 440 g/mol. The number of hydrogen-bond acceptors (Lipinski definition) is 4. The Bertz CT molecular complexity index is 885. The van der Waals surface area contributed by atoms with Crippen LogP contribution < -0.4 is 4.74 Å². The highest BCUT2D eigenvalue weighted by Gasteiger charge is 2.36. The van der Waals surface area contributed by atoms with Crippen LogP contribution in [-0.4, -0.2) is 47.2 Å². The molecule has 0 aromatic heterocycles. The van der Waals surface area contributed by atoms with Gasteiger partial charge in [0, 0.05) is 25.2 Å². The maximum Gasteiger partial charge on any atom is 0.410 e. The molecule has 4 rings (SSSR count). The van der Waals surface area contributed by atoms with Crippen LogP contribution in [0.5, 0.6) is 5.75 Å². The van der Waals surface area contributed by atoms with Gasteiger partial charge < -0.3 is 19.3 Å². The first-order valence-electron chi connectivity index (χ1n) is 11.7. The first-order valence-corrected chi connectivity index (χ1v) is 11.7. The van der Waals surface area contributed by atoms with Crippen molar-refractivity contribution in [3.63, 3.8) is 0 Å². The molecule has 0 N–H and O–H groups in total. The van der Waals surface area contributed by atoms with E-state index in [0.29, 0.717) is 12.6 Å². The van der Waals surface area contributed by atoms with Crippen molar-refractivity contribution < 1.29 is 18.7 Å². The van der Waals surface area contributed by atoms with Gasteiger partial charge in [0.1, 0.15) is 18.2 Å². The van der Waals surface area contributed by atoms with Crippen molar-refractivity contribution in [1.82, 2.24) is 9.80 Å². The average molecular weight is 441 g/mol. The Labute approximate surface area is 190 Å². The lowest BCUT2D eigenvalue weighted by atomic mass is 9.96. The number of benzene rings is 2. The Hall–Kier alpha value is -2.60. The molecule has 2 aromatic rings. The summed E-state index contributed by atoms with van der Waals surface area (Å²) in [6.07, 6.45) is 4.14. The third kappa shape index (κ3) is 5.80. The second-order valence-electron chi connectivity index (χ2n) is 9.13. The zero-order valence-electron chi connectivity index (χ0n) is 19.0. The zero-order valence-corrected chi connectivity index (χ0v) is 19.0. The number of rotatable bonds is 7. The molecule has 2 aliphatic rings. The van der Waals surface area contributed by atoms with Crippen LogP contribution in [0.15, 0.2) is 48.5 Å². The highest BCUT2D eigenvalue weighted by Crippen LogP contribution is 2.30. The molecular weight excluding hydrogens is 407 g/mol. The Morgan fingerprint density at radius 1 is 1.06 bits per heavy atom. The van der Waals surface area contributed by atoms with Crippen molar-refractivity contribution in [3.8, 4) is 5.75 Å². The third-order valence-electron chi connectivity index (χ3n) is 6.39. The average Bonchev–Trinajstić information content (AvgIpc) is 3.25. The minimum Gasteiger partial charge on any atom is -0.491 e. The fraction of sp³-hybridized carbons (Fsp3) is 0.500. The summed E-state index contributed by atoms with van der Waals surface area (Å²) < 4.78 is 24.8. The molecular formula is C26H33FN2O3. The number of halogens is 1. The predicted molar refractivity (Wildman–Crippen MR) is 122 cm³/mol. The summed E-state index contributed by atoms with van der Waals surface area (Å²) in [5.41, 5.74) is 1.83. The summed E-state index contributed by atoms with van der Waals surface area (Å²) in [5.74, 6) is 0.531. The van der Waals surface area contributed by atoms with Crippen LogP contribution in [0.2, 0.25) is 0 Å². The number of ether oxygens (including phenoxy) is 2. The molecule has 32 heavy (non-hydrogen) atoms. The van der Waals surface area contributed by atoms with Crippen LogP contribution in [0, 0.1) is 5.82 Å². The van der Waals surface area contributed by atoms with Gasteiger partial charge in [0.25, 0.3) is 0 Å². The molecule has 1 amide bonds.